The molecule has 0 saturated carbocycles. The molecule has 0 aliphatic carbocycles. The van der Waals surface area contributed by atoms with Crippen LogP contribution in [0, 0.1) is 0 Å². The molecule has 1 N–H and O–H groups in total. The van der Waals surface area contributed by atoms with Gasteiger partial charge in [0.15, 0.2) is 11.5 Å². The van der Waals surface area contributed by atoms with Crippen molar-refractivity contribution in [1.29, 1.82) is 0 Å². The Morgan fingerprint density at radius 3 is 2.26 bits per heavy atom. The average molecular weight is 469 g/mol. The van der Waals surface area contributed by atoms with Gasteiger partial charge in [0.25, 0.3) is 0 Å². The number of rotatable bonds is 8. The van der Waals surface area contributed by atoms with Gasteiger partial charge in [-0.05, 0) is 41.8 Å². The normalized spacial score (nSPS) is 16.8. The molecule has 0 aromatic heterocycles. The lowest BCUT2D eigenvalue weighted by Gasteiger charge is -2.35. The molecule has 1 unspecified atom stereocenters. The van der Waals surface area contributed by atoms with Gasteiger partial charge in [-0.3, -0.25) is 9.80 Å². The first kappa shape index (κ1) is 25.6. The summed E-state index contributed by atoms with van der Waals surface area (Å²) in [5.74, 6) is 2.49. The third kappa shape index (κ3) is 7.16. The molecule has 2 aliphatic heterocycles. The molecular weight excluding hydrogens is 439 g/mol. The van der Waals surface area contributed by atoms with Gasteiger partial charge in [-0.25, -0.2) is 0 Å². The molecule has 4 rings (SSSR count). The Bertz CT molecular complexity index is 799. The van der Waals surface area contributed by atoms with Crippen LogP contribution in [0.4, 0.5) is 0 Å². The number of aryl methyl sites for hydroxylation is 1. The van der Waals surface area contributed by atoms with Crippen LogP contribution in [0.15, 0.2) is 42.5 Å². The van der Waals surface area contributed by atoms with Crippen molar-refractivity contribution >= 4 is 0 Å². The summed E-state index contributed by atoms with van der Waals surface area (Å²) in [7, 11) is 0. The van der Waals surface area contributed by atoms with Gasteiger partial charge in [0.1, 0.15) is 18.5 Å². The minimum atomic E-state index is -0.485. The fourth-order valence-corrected chi connectivity index (χ4v) is 3.79. The number of benzene rings is 2. The highest BCUT2D eigenvalue weighted by Gasteiger charge is 2.20. The summed E-state index contributed by atoms with van der Waals surface area (Å²) in [4.78, 5) is 4.75. The Labute approximate surface area is 196 Å². The second kappa shape index (κ2) is 12.4. The van der Waals surface area contributed by atoms with Gasteiger partial charge in [-0.2, -0.15) is 0 Å². The maximum Gasteiger partial charge on any atom is 0.231 e. The van der Waals surface area contributed by atoms with Crippen molar-refractivity contribution in [3.8, 4) is 17.2 Å². The van der Waals surface area contributed by atoms with Crippen LogP contribution in [0.1, 0.15) is 18.1 Å². The monoisotopic (exact) mass is 468 g/mol. The largest absolute Gasteiger partial charge is 1.00 e. The number of halogens is 2. The fourth-order valence-electron chi connectivity index (χ4n) is 3.79. The number of hydrogen-bond acceptors (Lipinski definition) is 6. The number of nitrogens with zero attached hydrogens (tertiary/aromatic N) is 2. The zero-order valence-corrected chi connectivity index (χ0v) is 19.3. The van der Waals surface area contributed by atoms with Gasteiger partial charge in [-0.1, -0.05) is 25.1 Å². The molecule has 172 valence electrons. The Balaban J connectivity index is 0.00000171. The van der Waals surface area contributed by atoms with E-state index in [0.717, 1.165) is 56.4 Å². The van der Waals surface area contributed by atoms with Crippen LogP contribution in [-0.4, -0.2) is 67.1 Å². The molecule has 1 atom stereocenters. The highest BCUT2D eigenvalue weighted by molar-refractivity contribution is 5.44. The van der Waals surface area contributed by atoms with E-state index in [1.165, 1.54) is 11.1 Å². The molecule has 0 spiro atoms. The van der Waals surface area contributed by atoms with Crippen molar-refractivity contribution in [3.05, 3.63) is 53.6 Å². The van der Waals surface area contributed by atoms with Gasteiger partial charge < -0.3 is 44.1 Å². The number of fused-ring (bicyclic) bond motifs is 1. The first-order chi connectivity index (χ1) is 14.2. The Morgan fingerprint density at radius 2 is 1.55 bits per heavy atom. The molecule has 2 aromatic carbocycles. The van der Waals surface area contributed by atoms with E-state index >= 15 is 0 Å². The molecule has 0 radical (unpaired) electrons. The molecule has 31 heavy (non-hydrogen) atoms. The van der Waals surface area contributed by atoms with Gasteiger partial charge >= 0.3 is 0 Å². The molecule has 0 bridgehead atoms. The van der Waals surface area contributed by atoms with Crippen LogP contribution < -0.4 is 39.0 Å². The van der Waals surface area contributed by atoms with Crippen LogP contribution in [0.3, 0.4) is 0 Å². The molecule has 0 amide bonds. The van der Waals surface area contributed by atoms with Crippen molar-refractivity contribution in [1.82, 2.24) is 9.80 Å². The lowest BCUT2D eigenvalue weighted by Crippen LogP contribution is -3.00. The molecular formula is C23H30Cl2N2O4-2. The van der Waals surface area contributed by atoms with E-state index in [1.54, 1.807) is 0 Å². The van der Waals surface area contributed by atoms with E-state index in [2.05, 4.69) is 41.0 Å². The summed E-state index contributed by atoms with van der Waals surface area (Å²) in [5.41, 5.74) is 2.53. The highest BCUT2D eigenvalue weighted by atomic mass is 35.5. The van der Waals surface area contributed by atoms with E-state index in [1.807, 2.05) is 18.2 Å². The van der Waals surface area contributed by atoms with E-state index in [-0.39, 0.29) is 24.8 Å². The number of β-amino-alcohol motifs (C(OH)–C–C–N with tert-alkyl or cyclic N) is 1. The van der Waals surface area contributed by atoms with Crippen molar-refractivity contribution in [2.45, 2.75) is 26.0 Å². The zero-order valence-electron chi connectivity index (χ0n) is 17.8. The third-order valence-corrected chi connectivity index (χ3v) is 5.55. The lowest BCUT2D eigenvalue weighted by molar-refractivity contribution is -0.00100. The zero-order chi connectivity index (χ0) is 20.1. The number of ether oxygens (including phenoxy) is 3. The number of piperazine rings is 1. The van der Waals surface area contributed by atoms with Gasteiger partial charge in [0.2, 0.25) is 6.79 Å². The van der Waals surface area contributed by atoms with Crippen molar-refractivity contribution < 1.29 is 44.1 Å². The average Bonchev–Trinajstić information content (AvgIpc) is 3.22. The number of aliphatic hydroxyl groups is 1. The Kier molecular flexibility index (Phi) is 10.2. The van der Waals surface area contributed by atoms with Crippen LogP contribution in [0.2, 0.25) is 0 Å². The quantitative estimate of drug-likeness (QED) is 0.434. The van der Waals surface area contributed by atoms with Crippen molar-refractivity contribution in [2.75, 3.05) is 46.1 Å². The van der Waals surface area contributed by atoms with E-state index < -0.39 is 6.10 Å². The molecule has 6 nitrogen and oxygen atoms in total. The summed E-state index contributed by atoms with van der Waals surface area (Å²) in [6, 6.07) is 14.3. The molecule has 2 aromatic rings. The van der Waals surface area contributed by atoms with Crippen molar-refractivity contribution in [3.63, 3.8) is 0 Å². The van der Waals surface area contributed by atoms with Crippen LogP contribution in [0.5, 0.6) is 17.2 Å². The van der Waals surface area contributed by atoms with E-state index in [9.17, 15) is 5.11 Å². The van der Waals surface area contributed by atoms with Gasteiger partial charge in [0, 0.05) is 39.3 Å². The highest BCUT2D eigenvalue weighted by Crippen LogP contribution is 2.32. The minimum absolute atomic E-state index is 0. The topological polar surface area (TPSA) is 54.4 Å². The fraction of sp³-hybridized carbons (Fsp3) is 0.478. The SMILES string of the molecule is CCc1ccc(OCC(O)CN2CCN(Cc3ccc4c(c3)OCO4)CC2)cc1.[Cl-].[Cl-]. The molecule has 8 heteroatoms. The van der Waals surface area contributed by atoms with Gasteiger partial charge in [0.05, 0.1) is 0 Å². The van der Waals surface area contributed by atoms with Crippen LogP contribution >= 0.6 is 0 Å². The summed E-state index contributed by atoms with van der Waals surface area (Å²) < 4.78 is 16.6. The number of aliphatic hydroxyl groups excluding tert-OH is 1. The first-order valence-electron chi connectivity index (χ1n) is 10.4. The van der Waals surface area contributed by atoms with E-state index in [0.29, 0.717) is 19.9 Å². The van der Waals surface area contributed by atoms with E-state index in [4.69, 9.17) is 14.2 Å². The molecule has 2 heterocycles. The number of hydrogen-bond donors (Lipinski definition) is 1. The maximum absolute atomic E-state index is 10.3. The predicted molar refractivity (Wildman–Crippen MR) is 112 cm³/mol. The summed E-state index contributed by atoms with van der Waals surface area (Å²) in [5, 5.41) is 10.3. The first-order valence-corrected chi connectivity index (χ1v) is 10.4. The Morgan fingerprint density at radius 1 is 0.903 bits per heavy atom. The van der Waals surface area contributed by atoms with Crippen LogP contribution in [0.25, 0.3) is 0 Å². The maximum atomic E-state index is 10.3. The standard InChI is InChI=1S/C23H30N2O4.2ClH/c1-2-18-3-6-21(7-4-18)27-16-20(26)15-25-11-9-24(10-12-25)14-19-5-8-22-23(13-19)29-17-28-22;;/h3-8,13,20,26H,2,9-12,14-17H2,1H3;2*1H/p-2. The third-order valence-electron chi connectivity index (χ3n) is 5.55. The summed E-state index contributed by atoms with van der Waals surface area (Å²) in [6.07, 6.45) is 0.532. The Hall–Kier alpha value is -1.70. The molecule has 1 saturated heterocycles. The summed E-state index contributed by atoms with van der Waals surface area (Å²) in [6.45, 7) is 8.19. The molecule has 1 fully saturated rings. The predicted octanol–water partition coefficient (Wildman–Crippen LogP) is -3.46. The van der Waals surface area contributed by atoms with Crippen LogP contribution in [-0.2, 0) is 13.0 Å². The molecule has 2 aliphatic rings. The second-order valence-corrected chi connectivity index (χ2v) is 7.73. The second-order valence-electron chi connectivity index (χ2n) is 7.73. The minimum Gasteiger partial charge on any atom is -1.00 e. The smallest absolute Gasteiger partial charge is 0.231 e. The summed E-state index contributed by atoms with van der Waals surface area (Å²) >= 11 is 0. The van der Waals surface area contributed by atoms with Gasteiger partial charge in [-0.15, -0.1) is 0 Å². The lowest BCUT2D eigenvalue weighted by atomic mass is 10.1. The van der Waals surface area contributed by atoms with Crippen molar-refractivity contribution in [2.24, 2.45) is 0 Å².